The normalized spacial score (nSPS) is 16.3. The molecular formula is C34H43F26NO8P+. The molecule has 70 heavy (non-hydrogen) atoms. The molecule has 1 unspecified atom stereocenters. The molecule has 0 aliphatic rings. The van der Waals surface area contributed by atoms with Gasteiger partial charge in [-0.15, -0.1) is 0 Å². The van der Waals surface area contributed by atoms with Crippen molar-refractivity contribution in [2.75, 3.05) is 47.5 Å². The fourth-order valence-electron chi connectivity index (χ4n) is 5.12. The Hall–Kier alpha value is -2.81. The van der Waals surface area contributed by atoms with Gasteiger partial charge in [0.2, 0.25) is 0 Å². The maximum atomic E-state index is 14.0. The summed E-state index contributed by atoms with van der Waals surface area (Å²) >= 11 is 0. The number of nitrogens with zero attached hydrogens (tertiary/aromatic N) is 1. The molecule has 0 saturated heterocycles. The third kappa shape index (κ3) is 15.8. The van der Waals surface area contributed by atoms with Gasteiger partial charge in [-0.05, 0) is 25.7 Å². The zero-order valence-corrected chi connectivity index (χ0v) is 36.8. The van der Waals surface area contributed by atoms with E-state index in [1.165, 1.54) is 0 Å². The number of likely N-dealkylation sites (N-methyl/N-ethyl adjacent to an activating group) is 1. The van der Waals surface area contributed by atoms with Crippen LogP contribution in [0, 0.1) is 0 Å². The van der Waals surface area contributed by atoms with E-state index in [2.05, 4.69) is 4.52 Å². The van der Waals surface area contributed by atoms with Gasteiger partial charge in [0, 0.05) is 25.7 Å². The number of rotatable bonds is 32. The van der Waals surface area contributed by atoms with Crippen LogP contribution in [-0.2, 0) is 32.7 Å². The third-order valence-electron chi connectivity index (χ3n) is 9.41. The molecule has 0 heterocycles. The van der Waals surface area contributed by atoms with Crippen molar-refractivity contribution in [3.05, 3.63) is 0 Å². The maximum Gasteiger partial charge on any atom is 0.472 e. The molecule has 36 heteroatoms. The van der Waals surface area contributed by atoms with E-state index < -0.39 is 194 Å². The first kappa shape index (κ1) is 67.2. The van der Waals surface area contributed by atoms with Crippen LogP contribution in [0.3, 0.4) is 0 Å². The number of quaternary nitrogens is 1. The lowest BCUT2D eigenvalue weighted by atomic mass is 9.91. The molecule has 0 saturated carbocycles. The molecular weight excluding hydrogens is 1080 g/mol. The van der Waals surface area contributed by atoms with Gasteiger partial charge in [0.25, 0.3) is 0 Å². The fraction of sp³-hybridized carbons (Fsp3) is 0.941. The summed E-state index contributed by atoms with van der Waals surface area (Å²) in [5.41, 5.74) is 0. The molecule has 0 aromatic carbocycles. The second-order valence-corrected chi connectivity index (χ2v) is 17.7. The molecule has 0 rings (SSSR count). The highest BCUT2D eigenvalue weighted by Gasteiger charge is 2.92. The summed E-state index contributed by atoms with van der Waals surface area (Å²) in [4.78, 5) is 34.6. The molecule has 0 radical (unpaired) electrons. The average molecular weight is 1120 g/mol. The van der Waals surface area contributed by atoms with E-state index in [-0.39, 0.29) is 11.0 Å². The van der Waals surface area contributed by atoms with E-state index in [0.29, 0.717) is 0 Å². The van der Waals surface area contributed by atoms with E-state index in [0.717, 1.165) is 0 Å². The average Bonchev–Trinajstić information content (AvgIpc) is 3.16. The van der Waals surface area contributed by atoms with Gasteiger partial charge >= 0.3 is 91.3 Å². The predicted octanol–water partition coefficient (Wildman–Crippen LogP) is 12.4. The van der Waals surface area contributed by atoms with Crippen LogP contribution < -0.4 is 0 Å². The summed E-state index contributed by atoms with van der Waals surface area (Å²) < 4.78 is 377. The smallest absolute Gasteiger partial charge is 0.462 e. The topological polar surface area (TPSA) is 108 Å². The highest BCUT2D eigenvalue weighted by atomic mass is 31.2. The molecule has 0 aliphatic heterocycles. The maximum absolute atomic E-state index is 14.0. The van der Waals surface area contributed by atoms with Gasteiger partial charge in [0.05, 0.1) is 27.7 Å². The van der Waals surface area contributed by atoms with Crippen LogP contribution in [0.15, 0.2) is 0 Å². The first-order valence-electron chi connectivity index (χ1n) is 19.5. The van der Waals surface area contributed by atoms with Gasteiger partial charge in [-0.3, -0.25) is 18.6 Å². The Kier molecular flexibility index (Phi) is 22.2. The number of esters is 2. The van der Waals surface area contributed by atoms with Crippen molar-refractivity contribution < 1.29 is 156 Å². The summed E-state index contributed by atoms with van der Waals surface area (Å²) in [7, 11) is -0.101. The van der Waals surface area contributed by atoms with Gasteiger partial charge in [0.1, 0.15) is 19.8 Å². The Labute approximate surface area is 378 Å². The number of phosphoric acid groups is 1. The van der Waals surface area contributed by atoms with Crippen molar-refractivity contribution in [3.8, 4) is 0 Å². The molecule has 2 atom stereocenters. The Balaban J connectivity index is 5.51. The van der Waals surface area contributed by atoms with Crippen LogP contribution in [0.1, 0.15) is 77.0 Å². The summed E-state index contributed by atoms with van der Waals surface area (Å²) in [6.45, 7) is -2.55. The van der Waals surface area contributed by atoms with Crippen LogP contribution in [0.25, 0.3) is 0 Å². The molecule has 0 amide bonds. The number of alkyl halides is 26. The highest BCUT2D eigenvalue weighted by Crippen LogP contribution is 2.62. The largest absolute Gasteiger partial charge is 0.472 e. The number of carbonyl (C=O) groups is 2. The zero-order valence-electron chi connectivity index (χ0n) is 35.9. The van der Waals surface area contributed by atoms with Crippen LogP contribution in [0.2, 0.25) is 0 Å². The Morgan fingerprint density at radius 1 is 0.457 bits per heavy atom. The summed E-state index contributed by atoms with van der Waals surface area (Å²) in [6.07, 6.45) is -29.7. The SMILES string of the molecule is C[N+](C)(C)CCOP(=O)(O)OC[C@@H](COC(=O)CCCCCCC(F)(F)C(F)(F)C(F)(F)C(F)(F)C(F)(F)C(F)(F)F)OC(=O)CCCCCCC(F)(F)C(F)(F)C(F)(F)C(F)(F)C(F)(F)C(F)(F)F. The first-order chi connectivity index (χ1) is 30.8. The standard InChI is InChI=1S/C34H42F26NO8P/c1-61(2,3)16-17-67-70(64,65)68-19-20(69-22(63)13-9-5-7-11-15-24(37,38)26(41,42)28(45,46)30(49,50)32(53,54)34(58,59)60)18-66-21(62)12-8-4-6-10-14-23(35,36)25(39,40)27(43,44)29(47,48)31(51,52)33(55,56)57/h20H,4-19H2,1-3H3/p+1/t20-/m1/s1. The number of unbranched alkanes of at least 4 members (excludes halogenated alkanes) is 6. The van der Waals surface area contributed by atoms with E-state index in [1.807, 2.05) is 0 Å². The van der Waals surface area contributed by atoms with E-state index in [1.54, 1.807) is 21.1 Å². The molecule has 0 aromatic rings. The second kappa shape index (κ2) is 23.2. The monoisotopic (exact) mass is 1120 g/mol. The molecule has 0 aliphatic carbocycles. The van der Waals surface area contributed by atoms with Gasteiger partial charge in [-0.25, -0.2) is 4.57 Å². The van der Waals surface area contributed by atoms with E-state index in [9.17, 15) is 133 Å². The number of halogens is 26. The molecule has 0 fully saturated rings. The quantitative estimate of drug-likeness (QED) is 0.0233. The van der Waals surface area contributed by atoms with Crippen LogP contribution in [-0.4, -0.2) is 147 Å². The first-order valence-corrected chi connectivity index (χ1v) is 21.0. The number of hydrogen-bond donors (Lipinski definition) is 1. The number of ether oxygens (including phenoxy) is 2. The number of carbonyl (C=O) groups excluding carboxylic acids is 2. The Morgan fingerprint density at radius 2 is 0.786 bits per heavy atom. The number of hydrogen-bond acceptors (Lipinski definition) is 7. The summed E-state index contributed by atoms with van der Waals surface area (Å²) in [5.74, 6) is -78.2. The van der Waals surface area contributed by atoms with E-state index in [4.69, 9.17) is 14.0 Å². The van der Waals surface area contributed by atoms with Crippen LogP contribution >= 0.6 is 7.82 Å². The fourth-order valence-corrected chi connectivity index (χ4v) is 5.86. The molecule has 0 aromatic heterocycles. The molecule has 418 valence electrons. The molecule has 1 N–H and O–H groups in total. The molecule has 9 nitrogen and oxygen atoms in total. The lowest BCUT2D eigenvalue weighted by Crippen LogP contribution is -2.70. The van der Waals surface area contributed by atoms with Gasteiger partial charge in [0.15, 0.2) is 6.10 Å². The predicted molar refractivity (Wildman–Crippen MR) is 182 cm³/mol. The summed E-state index contributed by atoms with van der Waals surface area (Å²) in [5, 5.41) is 0. The minimum atomic E-state index is -8.09. The highest BCUT2D eigenvalue weighted by molar-refractivity contribution is 7.47. The van der Waals surface area contributed by atoms with Crippen molar-refractivity contribution in [1.29, 1.82) is 0 Å². The van der Waals surface area contributed by atoms with Crippen molar-refractivity contribution in [2.24, 2.45) is 0 Å². The minimum absolute atomic E-state index is 0.101. The molecule has 0 spiro atoms. The van der Waals surface area contributed by atoms with Crippen LogP contribution in [0.5, 0.6) is 0 Å². The third-order valence-corrected chi connectivity index (χ3v) is 10.4. The Bertz CT molecular complexity index is 1740. The van der Waals surface area contributed by atoms with E-state index >= 15 is 0 Å². The van der Waals surface area contributed by atoms with Crippen molar-refractivity contribution >= 4 is 19.8 Å². The molecule has 0 bridgehead atoms. The van der Waals surface area contributed by atoms with Gasteiger partial charge < -0.3 is 18.9 Å². The van der Waals surface area contributed by atoms with Gasteiger partial charge in [-0.1, -0.05) is 25.7 Å². The lowest BCUT2D eigenvalue weighted by Gasteiger charge is -2.39. The summed E-state index contributed by atoms with van der Waals surface area (Å²) in [6, 6.07) is 0. The second-order valence-electron chi connectivity index (χ2n) is 16.2. The zero-order chi connectivity index (χ0) is 55.9. The Morgan fingerprint density at radius 3 is 1.13 bits per heavy atom. The van der Waals surface area contributed by atoms with Gasteiger partial charge in [-0.2, -0.15) is 114 Å². The lowest BCUT2D eigenvalue weighted by molar-refractivity contribution is -0.870. The minimum Gasteiger partial charge on any atom is -0.462 e. The number of phosphoric ester groups is 1. The van der Waals surface area contributed by atoms with Crippen molar-refractivity contribution in [1.82, 2.24) is 0 Å². The van der Waals surface area contributed by atoms with Crippen molar-refractivity contribution in [3.63, 3.8) is 0 Å². The van der Waals surface area contributed by atoms with Crippen LogP contribution in [0.4, 0.5) is 114 Å². The van der Waals surface area contributed by atoms with Crippen molar-refractivity contribution in [2.45, 2.75) is 155 Å².